The summed E-state index contributed by atoms with van der Waals surface area (Å²) in [6.45, 7) is 0. The Bertz CT molecular complexity index is 317. The summed E-state index contributed by atoms with van der Waals surface area (Å²) < 4.78 is 22.5. The highest BCUT2D eigenvalue weighted by atomic mass is 32.2. The zero-order valence-electron chi connectivity index (χ0n) is 7.56. The lowest BCUT2D eigenvalue weighted by molar-refractivity contribution is 0.437. The minimum Gasteiger partial charge on any atom is -0.229 e. The van der Waals surface area contributed by atoms with Crippen LogP contribution in [0.5, 0.6) is 0 Å². The molecule has 0 aromatic carbocycles. The molecular formula is C8H13NO2S2. The van der Waals surface area contributed by atoms with Crippen LogP contribution in [0.3, 0.4) is 0 Å². The summed E-state index contributed by atoms with van der Waals surface area (Å²) in [6.07, 6.45) is 4.53. The summed E-state index contributed by atoms with van der Waals surface area (Å²) in [6, 6.07) is 0.0750. The van der Waals surface area contributed by atoms with Gasteiger partial charge in [0.2, 0.25) is 0 Å². The molecular weight excluding hydrogens is 206 g/mol. The second-order valence-electron chi connectivity index (χ2n) is 3.49. The molecule has 1 saturated carbocycles. The van der Waals surface area contributed by atoms with Crippen molar-refractivity contribution in [3.8, 4) is 0 Å². The Labute approximate surface area is 84.2 Å². The monoisotopic (exact) mass is 219 g/mol. The number of nitrogens with zero attached hydrogens (tertiary/aromatic N) is 1. The Morgan fingerprint density at radius 3 is 2.69 bits per heavy atom. The van der Waals surface area contributed by atoms with Gasteiger partial charge in [0.25, 0.3) is 0 Å². The first-order valence-electron chi connectivity index (χ1n) is 4.30. The second-order valence-corrected chi connectivity index (χ2v) is 6.00. The van der Waals surface area contributed by atoms with Gasteiger partial charge < -0.3 is 0 Å². The number of hydrogen-bond donors (Lipinski definition) is 0. The first kappa shape index (κ1) is 10.8. The molecule has 5 heteroatoms. The van der Waals surface area contributed by atoms with Crippen molar-refractivity contribution in [2.24, 2.45) is 4.99 Å². The minimum absolute atomic E-state index is 0.0750. The third kappa shape index (κ3) is 3.18. The molecule has 74 valence electrons. The van der Waals surface area contributed by atoms with Crippen LogP contribution in [0.2, 0.25) is 0 Å². The number of sulfone groups is 1. The Kier molecular flexibility index (Phi) is 3.59. The molecule has 0 aromatic rings. The maximum atomic E-state index is 11.2. The highest BCUT2D eigenvalue weighted by molar-refractivity contribution is 7.91. The van der Waals surface area contributed by atoms with Crippen molar-refractivity contribution in [2.45, 2.75) is 37.0 Å². The number of isothiocyanates is 1. The van der Waals surface area contributed by atoms with Crippen molar-refractivity contribution >= 4 is 27.2 Å². The van der Waals surface area contributed by atoms with Crippen LogP contribution >= 0.6 is 12.2 Å². The Morgan fingerprint density at radius 1 is 1.46 bits per heavy atom. The maximum absolute atomic E-state index is 11.2. The maximum Gasteiger partial charge on any atom is 0.150 e. The largest absolute Gasteiger partial charge is 0.229 e. The molecule has 0 bridgehead atoms. The summed E-state index contributed by atoms with van der Waals surface area (Å²) in [5, 5.41) is 2.10. The van der Waals surface area contributed by atoms with Gasteiger partial charge in [0, 0.05) is 6.26 Å². The van der Waals surface area contributed by atoms with Crippen LogP contribution < -0.4 is 0 Å². The van der Waals surface area contributed by atoms with E-state index in [0.717, 1.165) is 19.3 Å². The third-order valence-corrected chi connectivity index (χ3v) is 4.18. The fourth-order valence-electron chi connectivity index (χ4n) is 1.70. The lowest BCUT2D eigenvalue weighted by Gasteiger charge is -2.24. The van der Waals surface area contributed by atoms with Crippen LogP contribution in [0.4, 0.5) is 0 Å². The van der Waals surface area contributed by atoms with Crippen LogP contribution in [0.15, 0.2) is 4.99 Å². The third-order valence-electron chi connectivity index (χ3n) is 2.44. The quantitative estimate of drug-likeness (QED) is 0.521. The highest BCUT2D eigenvalue weighted by Gasteiger charge is 2.28. The van der Waals surface area contributed by atoms with Crippen LogP contribution in [0.25, 0.3) is 0 Å². The fourth-order valence-corrected chi connectivity index (χ4v) is 3.02. The molecule has 1 fully saturated rings. The van der Waals surface area contributed by atoms with Crippen molar-refractivity contribution in [3.05, 3.63) is 0 Å². The van der Waals surface area contributed by atoms with Gasteiger partial charge in [-0.3, -0.25) is 0 Å². The molecule has 0 unspecified atom stereocenters. The van der Waals surface area contributed by atoms with E-state index in [-0.39, 0.29) is 11.3 Å². The van der Waals surface area contributed by atoms with Crippen LogP contribution in [0.1, 0.15) is 25.7 Å². The first-order valence-corrected chi connectivity index (χ1v) is 6.66. The van der Waals surface area contributed by atoms with Gasteiger partial charge >= 0.3 is 0 Å². The molecule has 0 N–H and O–H groups in total. The van der Waals surface area contributed by atoms with Crippen molar-refractivity contribution in [3.63, 3.8) is 0 Å². The SMILES string of the molecule is CS(=O)(=O)[C@H]1CCC[C@@H](N=C=S)C1. The number of rotatable bonds is 2. The molecule has 1 aliphatic carbocycles. The standard InChI is InChI=1S/C8H13NO2S2/c1-13(10,11)8-4-2-3-7(5-8)9-6-12/h7-8H,2-5H2,1H3/t7-,8+/m1/s1. The highest BCUT2D eigenvalue weighted by Crippen LogP contribution is 2.25. The predicted octanol–water partition coefficient (Wildman–Crippen LogP) is 1.45. The summed E-state index contributed by atoms with van der Waals surface area (Å²) in [5.74, 6) is 0. The minimum atomic E-state index is -2.90. The Balaban J connectivity index is 2.67. The lowest BCUT2D eigenvalue weighted by Crippen LogP contribution is -2.29. The first-order chi connectivity index (χ1) is 6.04. The van der Waals surface area contributed by atoms with Gasteiger partial charge in [0.15, 0.2) is 0 Å². The van der Waals surface area contributed by atoms with Gasteiger partial charge in [-0.1, -0.05) is 6.42 Å². The normalized spacial score (nSPS) is 29.3. The summed E-state index contributed by atoms with van der Waals surface area (Å²) in [7, 11) is -2.90. The summed E-state index contributed by atoms with van der Waals surface area (Å²) in [5.41, 5.74) is 0. The van der Waals surface area contributed by atoms with Crippen molar-refractivity contribution in [2.75, 3.05) is 6.26 Å². The average Bonchev–Trinajstić information content (AvgIpc) is 2.04. The molecule has 0 aliphatic heterocycles. The molecule has 0 aromatic heterocycles. The Morgan fingerprint density at radius 2 is 2.15 bits per heavy atom. The van der Waals surface area contributed by atoms with E-state index in [1.54, 1.807) is 0 Å². The van der Waals surface area contributed by atoms with Crippen molar-refractivity contribution in [1.29, 1.82) is 0 Å². The van der Waals surface area contributed by atoms with E-state index in [9.17, 15) is 8.42 Å². The summed E-state index contributed by atoms with van der Waals surface area (Å²) >= 11 is 4.50. The second kappa shape index (κ2) is 4.31. The van der Waals surface area contributed by atoms with Gasteiger partial charge in [0.1, 0.15) is 9.84 Å². The zero-order chi connectivity index (χ0) is 9.90. The number of hydrogen-bond acceptors (Lipinski definition) is 4. The number of thiocarbonyl (C=S) groups is 1. The fraction of sp³-hybridized carbons (Fsp3) is 0.875. The average molecular weight is 219 g/mol. The molecule has 1 rings (SSSR count). The molecule has 0 heterocycles. The lowest BCUT2D eigenvalue weighted by atomic mass is 9.96. The van der Waals surface area contributed by atoms with Gasteiger partial charge in [-0.15, -0.1) is 0 Å². The molecule has 0 saturated heterocycles. The van der Waals surface area contributed by atoms with E-state index in [4.69, 9.17) is 0 Å². The smallest absolute Gasteiger partial charge is 0.150 e. The zero-order valence-corrected chi connectivity index (χ0v) is 9.20. The molecule has 1 aliphatic rings. The van der Waals surface area contributed by atoms with E-state index in [1.807, 2.05) is 0 Å². The van der Waals surface area contributed by atoms with Gasteiger partial charge in [0.05, 0.1) is 16.5 Å². The van der Waals surface area contributed by atoms with Gasteiger partial charge in [-0.25, -0.2) is 13.4 Å². The van der Waals surface area contributed by atoms with Gasteiger partial charge in [-0.2, -0.15) is 0 Å². The van der Waals surface area contributed by atoms with Gasteiger partial charge in [-0.05, 0) is 31.5 Å². The van der Waals surface area contributed by atoms with E-state index in [2.05, 4.69) is 22.4 Å². The van der Waals surface area contributed by atoms with E-state index in [0.29, 0.717) is 6.42 Å². The predicted molar refractivity (Wildman–Crippen MR) is 55.9 cm³/mol. The number of aliphatic imine (C=N–C) groups is 1. The van der Waals surface area contributed by atoms with Crippen LogP contribution in [-0.4, -0.2) is 31.1 Å². The van der Waals surface area contributed by atoms with Crippen LogP contribution in [-0.2, 0) is 9.84 Å². The van der Waals surface area contributed by atoms with Crippen LogP contribution in [0, 0.1) is 0 Å². The topological polar surface area (TPSA) is 46.5 Å². The molecule has 0 spiro atoms. The van der Waals surface area contributed by atoms with E-state index in [1.165, 1.54) is 6.26 Å². The molecule has 13 heavy (non-hydrogen) atoms. The van der Waals surface area contributed by atoms with Crippen molar-refractivity contribution in [1.82, 2.24) is 0 Å². The van der Waals surface area contributed by atoms with E-state index < -0.39 is 9.84 Å². The molecule has 2 atom stereocenters. The molecule has 0 amide bonds. The van der Waals surface area contributed by atoms with E-state index >= 15 is 0 Å². The summed E-state index contributed by atoms with van der Waals surface area (Å²) in [4.78, 5) is 3.95. The molecule has 0 radical (unpaired) electrons. The van der Waals surface area contributed by atoms with Crippen molar-refractivity contribution < 1.29 is 8.42 Å². The molecule has 3 nitrogen and oxygen atoms in total. The Hall–Kier alpha value is -0.250.